The summed E-state index contributed by atoms with van der Waals surface area (Å²) in [5.74, 6) is 0. The third kappa shape index (κ3) is 3.26. The largest absolute Gasteiger partial charge is 0.309 e. The lowest BCUT2D eigenvalue weighted by Crippen LogP contribution is -2.14. The van der Waals surface area contributed by atoms with E-state index in [9.17, 15) is 0 Å². The van der Waals surface area contributed by atoms with Crippen LogP contribution in [0.15, 0.2) is 121 Å². The molecule has 0 radical (unpaired) electrons. The van der Waals surface area contributed by atoms with Crippen LogP contribution in [0.4, 0.5) is 0 Å². The summed E-state index contributed by atoms with van der Waals surface area (Å²) in [6, 6.07) is 45.5. The molecule has 0 saturated carbocycles. The van der Waals surface area contributed by atoms with Crippen LogP contribution in [0.5, 0.6) is 0 Å². The van der Waals surface area contributed by atoms with E-state index in [0.717, 1.165) is 0 Å². The first kappa shape index (κ1) is 24.0. The molecule has 0 aliphatic heterocycles. The molecule has 9 rings (SSSR count). The van der Waals surface area contributed by atoms with Gasteiger partial charge in [0.25, 0.3) is 0 Å². The number of hydrogen-bond acceptors (Lipinski definition) is 1. The molecular formula is C39H28BNS. The van der Waals surface area contributed by atoms with Gasteiger partial charge in [0.1, 0.15) is 7.85 Å². The summed E-state index contributed by atoms with van der Waals surface area (Å²) < 4.78 is 5.15. The molecule has 0 atom stereocenters. The second kappa shape index (κ2) is 8.47. The zero-order valence-electron chi connectivity index (χ0n) is 23.9. The fourth-order valence-corrected chi connectivity index (χ4v) is 8.39. The number of fused-ring (bicyclic) bond motifs is 9. The molecule has 0 fully saturated rings. The Morgan fingerprint density at radius 2 is 1.21 bits per heavy atom. The molecule has 0 bridgehead atoms. The lowest BCUT2D eigenvalue weighted by molar-refractivity contribution is 0.661. The third-order valence-electron chi connectivity index (χ3n) is 9.44. The van der Waals surface area contributed by atoms with Gasteiger partial charge in [-0.3, -0.25) is 0 Å². The Balaban J connectivity index is 1.33. The molecule has 2 heterocycles. The maximum atomic E-state index is 2.46. The van der Waals surface area contributed by atoms with Gasteiger partial charge in [0.05, 0.1) is 11.0 Å². The summed E-state index contributed by atoms with van der Waals surface area (Å²) in [4.78, 5) is 0. The molecule has 6 aromatic carbocycles. The first-order valence-electron chi connectivity index (χ1n) is 14.7. The molecule has 2 aromatic heterocycles. The molecule has 1 nitrogen and oxygen atoms in total. The number of nitrogens with zero attached hydrogens (tertiary/aromatic N) is 1. The van der Waals surface area contributed by atoms with Crippen molar-refractivity contribution >= 4 is 66.6 Å². The minimum absolute atomic E-state index is 0.0413. The van der Waals surface area contributed by atoms with Crippen molar-refractivity contribution in [1.29, 1.82) is 0 Å². The number of rotatable bonds is 2. The van der Waals surface area contributed by atoms with Crippen LogP contribution in [0.25, 0.3) is 69.9 Å². The van der Waals surface area contributed by atoms with Crippen LogP contribution in [-0.4, -0.2) is 12.4 Å². The van der Waals surface area contributed by atoms with Crippen molar-refractivity contribution in [2.24, 2.45) is 0 Å². The van der Waals surface area contributed by atoms with Crippen molar-refractivity contribution in [2.75, 3.05) is 0 Å². The Bertz CT molecular complexity index is 2390. The van der Waals surface area contributed by atoms with Crippen LogP contribution >= 0.6 is 11.3 Å². The van der Waals surface area contributed by atoms with Crippen LogP contribution in [0, 0.1) is 0 Å². The normalized spacial score (nSPS) is 13.8. The Labute approximate surface area is 250 Å². The van der Waals surface area contributed by atoms with Gasteiger partial charge in [-0.05, 0) is 93.4 Å². The highest BCUT2D eigenvalue weighted by molar-refractivity contribution is 7.25. The van der Waals surface area contributed by atoms with Crippen LogP contribution in [-0.2, 0) is 5.41 Å². The van der Waals surface area contributed by atoms with Crippen LogP contribution < -0.4 is 5.46 Å². The summed E-state index contributed by atoms with van der Waals surface area (Å²) in [6.45, 7) is 4.73. The molecule has 198 valence electrons. The van der Waals surface area contributed by atoms with Gasteiger partial charge in [-0.2, -0.15) is 0 Å². The minimum atomic E-state index is -0.0413. The molecule has 0 saturated heterocycles. The monoisotopic (exact) mass is 553 g/mol. The fraction of sp³-hybridized carbons (Fsp3) is 0.0769. The van der Waals surface area contributed by atoms with E-state index in [-0.39, 0.29) is 5.41 Å². The lowest BCUT2D eigenvalue weighted by Gasteiger charge is -2.21. The minimum Gasteiger partial charge on any atom is -0.309 e. The van der Waals surface area contributed by atoms with E-state index in [1.807, 2.05) is 11.3 Å². The number of aromatic nitrogens is 1. The van der Waals surface area contributed by atoms with Crippen molar-refractivity contribution in [2.45, 2.75) is 19.3 Å². The predicted molar refractivity (Wildman–Crippen MR) is 185 cm³/mol. The first-order valence-corrected chi connectivity index (χ1v) is 15.5. The van der Waals surface area contributed by atoms with E-state index < -0.39 is 0 Å². The van der Waals surface area contributed by atoms with Gasteiger partial charge in [-0.25, -0.2) is 0 Å². The maximum Gasteiger partial charge on any atom is 0.139 e. The summed E-state index contributed by atoms with van der Waals surface area (Å²) in [6.07, 6.45) is 0. The number of para-hydroxylation sites is 1. The van der Waals surface area contributed by atoms with Crippen molar-refractivity contribution < 1.29 is 0 Å². The maximum absolute atomic E-state index is 2.46. The lowest BCUT2D eigenvalue weighted by atomic mass is 9.82. The Hall–Kier alpha value is -4.60. The van der Waals surface area contributed by atoms with Crippen molar-refractivity contribution in [3.63, 3.8) is 0 Å². The zero-order chi connectivity index (χ0) is 28.2. The van der Waals surface area contributed by atoms with Gasteiger partial charge in [0.15, 0.2) is 0 Å². The van der Waals surface area contributed by atoms with Crippen LogP contribution in [0.2, 0.25) is 0 Å². The van der Waals surface area contributed by atoms with E-state index in [0.29, 0.717) is 0 Å². The molecule has 8 aromatic rings. The van der Waals surface area contributed by atoms with E-state index in [4.69, 9.17) is 0 Å². The molecule has 0 amide bonds. The van der Waals surface area contributed by atoms with E-state index >= 15 is 0 Å². The second-order valence-corrected chi connectivity index (χ2v) is 13.4. The highest BCUT2D eigenvalue weighted by atomic mass is 32.1. The molecule has 0 unspecified atom stereocenters. The summed E-state index contributed by atoms with van der Waals surface area (Å²) >= 11 is 1.88. The molecule has 1 aliphatic rings. The SMILES string of the molecule is Bc1ccc2sc3ccc(-c4ccc5c(c4)c4cc6c(cc4n5-c4ccccc4)C(C)(C)c4ccccc4-6)cc3c2c1. The molecule has 1 aliphatic carbocycles. The van der Waals surface area contributed by atoms with Crippen LogP contribution in [0.3, 0.4) is 0 Å². The van der Waals surface area contributed by atoms with E-state index in [1.54, 1.807) is 0 Å². The molecular weight excluding hydrogens is 525 g/mol. The van der Waals surface area contributed by atoms with Crippen LogP contribution in [0.1, 0.15) is 25.0 Å². The molecule has 0 N–H and O–H groups in total. The third-order valence-corrected chi connectivity index (χ3v) is 10.6. The number of hydrogen-bond donors (Lipinski definition) is 0. The van der Waals surface area contributed by atoms with Gasteiger partial charge in [-0.15, -0.1) is 11.3 Å². The highest BCUT2D eigenvalue weighted by Crippen LogP contribution is 2.51. The average molecular weight is 554 g/mol. The quantitative estimate of drug-likeness (QED) is 0.188. The predicted octanol–water partition coefficient (Wildman–Crippen LogP) is 9.38. The Kier molecular flexibility index (Phi) is 4.85. The Morgan fingerprint density at radius 1 is 0.548 bits per heavy atom. The standard InChI is InChI=1S/C39H28BNS/c1-39(2)33-11-7-6-10-27(33)28-21-30-29-18-23(24-13-16-37-31(19-24)32-20-25(40)14-17-38(32)42-37)12-15-35(29)41(36(30)22-34(28)39)26-8-4-3-5-9-26/h3-22H,40H2,1-2H3. The molecule has 3 heteroatoms. The summed E-state index contributed by atoms with van der Waals surface area (Å²) in [5, 5.41) is 5.30. The van der Waals surface area contributed by atoms with Gasteiger partial charge in [-0.1, -0.05) is 86.0 Å². The second-order valence-electron chi connectivity index (χ2n) is 12.3. The zero-order valence-corrected chi connectivity index (χ0v) is 24.7. The van der Waals surface area contributed by atoms with Crippen molar-refractivity contribution in [3.8, 4) is 27.9 Å². The van der Waals surface area contributed by atoms with Gasteiger partial charge in [0.2, 0.25) is 0 Å². The topological polar surface area (TPSA) is 4.93 Å². The fourth-order valence-electron chi connectivity index (χ4n) is 7.32. The van der Waals surface area contributed by atoms with Gasteiger partial charge >= 0.3 is 0 Å². The molecule has 42 heavy (non-hydrogen) atoms. The average Bonchev–Trinajstić information content (AvgIpc) is 3.61. The first-order chi connectivity index (χ1) is 20.5. The van der Waals surface area contributed by atoms with E-state index in [1.165, 1.54) is 86.5 Å². The van der Waals surface area contributed by atoms with Gasteiger partial charge < -0.3 is 4.57 Å². The van der Waals surface area contributed by atoms with E-state index in [2.05, 4.69) is 148 Å². The Morgan fingerprint density at radius 3 is 2.05 bits per heavy atom. The van der Waals surface area contributed by atoms with Crippen molar-refractivity contribution in [1.82, 2.24) is 4.57 Å². The number of benzene rings is 6. The summed E-state index contributed by atoms with van der Waals surface area (Å²) in [7, 11) is 2.18. The smallest absolute Gasteiger partial charge is 0.139 e. The van der Waals surface area contributed by atoms with Crippen molar-refractivity contribution in [3.05, 3.63) is 132 Å². The number of thiophene rings is 1. The summed E-state index contributed by atoms with van der Waals surface area (Å²) in [5.41, 5.74) is 13.0. The molecule has 0 spiro atoms. The highest BCUT2D eigenvalue weighted by Gasteiger charge is 2.36. The van der Waals surface area contributed by atoms with Gasteiger partial charge in [0, 0.05) is 36.7 Å².